The van der Waals surface area contributed by atoms with Crippen LogP contribution in [0.2, 0.25) is 0 Å². The summed E-state index contributed by atoms with van der Waals surface area (Å²) in [5.41, 5.74) is 1.99. The van der Waals surface area contributed by atoms with E-state index in [0.717, 1.165) is 5.56 Å². The molecule has 0 saturated heterocycles. The minimum Gasteiger partial charge on any atom is -0.409 e. The van der Waals surface area contributed by atoms with Crippen molar-refractivity contribution in [2.24, 2.45) is 0 Å². The Morgan fingerprint density at radius 2 is 2.00 bits per heavy atom. The van der Waals surface area contributed by atoms with E-state index in [4.69, 9.17) is 16.6 Å². The Kier molecular flexibility index (Phi) is 3.35. The molecule has 0 atom stereocenters. The largest absolute Gasteiger partial charge is 0.409 e. The predicted molar refractivity (Wildman–Crippen MR) is 92.8 cm³/mol. The molecule has 2 aromatic carbocycles. The molecule has 0 aliphatic rings. The van der Waals surface area contributed by atoms with Gasteiger partial charge in [-0.15, -0.1) is 5.10 Å². The molecule has 4 aromatic rings. The fourth-order valence-corrected chi connectivity index (χ4v) is 2.80. The van der Waals surface area contributed by atoms with E-state index >= 15 is 0 Å². The minimum absolute atomic E-state index is 0.113. The third-order valence-corrected chi connectivity index (χ3v) is 3.91. The average Bonchev–Trinajstić information content (AvgIpc) is 3.02. The maximum Gasteiger partial charge on any atom is 0.284 e. The molecule has 0 radical (unpaired) electrons. The number of nitrogens with one attached hydrogen (secondary N) is 1. The van der Waals surface area contributed by atoms with Crippen LogP contribution in [0.25, 0.3) is 28.0 Å². The summed E-state index contributed by atoms with van der Waals surface area (Å²) in [5, 5.41) is 7.18. The van der Waals surface area contributed by atoms with Gasteiger partial charge in [0, 0.05) is 5.56 Å². The summed E-state index contributed by atoms with van der Waals surface area (Å²) in [4.78, 5) is 17.6. The summed E-state index contributed by atoms with van der Waals surface area (Å²) >= 11 is 4.90. The first-order chi connectivity index (χ1) is 11.6. The molecule has 7 heteroatoms. The van der Waals surface area contributed by atoms with Gasteiger partial charge in [0.15, 0.2) is 0 Å². The molecule has 0 unspecified atom stereocenters. The van der Waals surface area contributed by atoms with Crippen LogP contribution in [-0.2, 0) is 0 Å². The number of nitrogens with zero attached hydrogens (tertiary/aromatic N) is 3. The molecule has 1 N–H and O–H groups in total. The van der Waals surface area contributed by atoms with Gasteiger partial charge in [-0.1, -0.05) is 18.2 Å². The van der Waals surface area contributed by atoms with Gasteiger partial charge in [-0.25, -0.2) is 10.1 Å². The first-order valence-electron chi connectivity index (χ1n) is 7.28. The second-order valence-electron chi connectivity index (χ2n) is 5.29. The number of hydrogen-bond donors (Lipinski definition) is 1. The van der Waals surface area contributed by atoms with Gasteiger partial charge in [0.25, 0.3) is 10.4 Å². The zero-order valence-corrected chi connectivity index (χ0v) is 13.5. The average molecular weight is 336 g/mol. The lowest BCUT2D eigenvalue weighted by molar-refractivity contribution is 0.552. The second-order valence-corrected chi connectivity index (χ2v) is 5.66. The van der Waals surface area contributed by atoms with E-state index in [2.05, 4.69) is 15.2 Å². The Labute approximate surface area is 141 Å². The molecule has 0 bridgehead atoms. The van der Waals surface area contributed by atoms with Crippen LogP contribution in [0, 0.1) is 11.8 Å². The van der Waals surface area contributed by atoms with Crippen molar-refractivity contribution in [3.63, 3.8) is 0 Å². The molecule has 118 valence electrons. The van der Waals surface area contributed by atoms with Gasteiger partial charge in [-0.3, -0.25) is 9.36 Å². The number of fused-ring (bicyclic) bond motifs is 1. The van der Waals surface area contributed by atoms with Crippen molar-refractivity contribution in [3.8, 4) is 17.1 Å². The molecular weight excluding hydrogens is 324 g/mol. The van der Waals surface area contributed by atoms with Crippen LogP contribution in [-0.4, -0.2) is 19.7 Å². The van der Waals surface area contributed by atoms with Gasteiger partial charge >= 0.3 is 0 Å². The number of aromatic nitrogens is 4. The number of aryl methyl sites for hydroxylation is 1. The van der Waals surface area contributed by atoms with E-state index in [1.807, 2.05) is 42.5 Å². The van der Waals surface area contributed by atoms with Gasteiger partial charge in [0.05, 0.1) is 16.6 Å². The number of hydrogen-bond acceptors (Lipinski definition) is 5. The molecule has 0 spiro atoms. The summed E-state index contributed by atoms with van der Waals surface area (Å²) in [6.45, 7) is 1.81. The topological polar surface area (TPSA) is 76.7 Å². The summed E-state index contributed by atoms with van der Waals surface area (Å²) in [7, 11) is 0. The third kappa shape index (κ3) is 2.35. The van der Waals surface area contributed by atoms with Gasteiger partial charge in [-0.05, 0) is 49.5 Å². The van der Waals surface area contributed by atoms with E-state index in [1.165, 1.54) is 0 Å². The molecule has 2 aromatic heterocycles. The highest BCUT2D eigenvalue weighted by molar-refractivity contribution is 7.71. The van der Waals surface area contributed by atoms with Crippen molar-refractivity contribution < 1.29 is 4.42 Å². The highest BCUT2D eigenvalue weighted by atomic mass is 32.1. The molecule has 0 aliphatic carbocycles. The minimum atomic E-state index is -0.113. The molecular formula is C17H12N4O2S. The lowest BCUT2D eigenvalue weighted by Crippen LogP contribution is -2.22. The highest BCUT2D eigenvalue weighted by Crippen LogP contribution is 2.20. The fourth-order valence-electron chi connectivity index (χ4n) is 2.68. The molecule has 24 heavy (non-hydrogen) atoms. The summed E-state index contributed by atoms with van der Waals surface area (Å²) in [6.07, 6.45) is 0. The van der Waals surface area contributed by atoms with Crippen LogP contribution in [0.5, 0.6) is 0 Å². The van der Waals surface area contributed by atoms with E-state index in [-0.39, 0.29) is 10.4 Å². The van der Waals surface area contributed by atoms with E-state index in [1.54, 1.807) is 17.6 Å². The van der Waals surface area contributed by atoms with Crippen molar-refractivity contribution in [1.82, 2.24) is 19.7 Å². The Hall–Kier alpha value is -3.06. The summed E-state index contributed by atoms with van der Waals surface area (Å²) in [5.74, 6) is 0.986. The van der Waals surface area contributed by atoms with Crippen molar-refractivity contribution in [3.05, 3.63) is 69.5 Å². The lowest BCUT2D eigenvalue weighted by Gasteiger charge is -2.11. The zero-order chi connectivity index (χ0) is 16.7. The third-order valence-electron chi connectivity index (χ3n) is 3.73. The lowest BCUT2D eigenvalue weighted by atomic mass is 10.2. The van der Waals surface area contributed by atoms with Crippen LogP contribution in [0.15, 0.2) is 57.7 Å². The van der Waals surface area contributed by atoms with Gasteiger partial charge < -0.3 is 4.42 Å². The Morgan fingerprint density at radius 1 is 1.17 bits per heavy atom. The van der Waals surface area contributed by atoms with Crippen LogP contribution < -0.4 is 5.56 Å². The number of para-hydroxylation sites is 1. The maximum absolute atomic E-state index is 12.9. The maximum atomic E-state index is 12.9. The van der Waals surface area contributed by atoms with Crippen molar-refractivity contribution in [1.29, 1.82) is 0 Å². The monoisotopic (exact) mass is 336 g/mol. The van der Waals surface area contributed by atoms with E-state index < -0.39 is 0 Å². The molecule has 0 saturated carbocycles. The van der Waals surface area contributed by atoms with E-state index in [9.17, 15) is 4.79 Å². The van der Waals surface area contributed by atoms with Crippen molar-refractivity contribution >= 4 is 23.1 Å². The molecule has 0 amide bonds. The Morgan fingerprint density at radius 3 is 2.79 bits per heavy atom. The second kappa shape index (κ2) is 5.54. The molecule has 4 rings (SSSR count). The number of H-pyrrole nitrogens is 1. The van der Waals surface area contributed by atoms with Crippen LogP contribution in [0.4, 0.5) is 0 Å². The first-order valence-corrected chi connectivity index (χ1v) is 7.69. The van der Waals surface area contributed by atoms with Crippen LogP contribution in [0.1, 0.15) is 5.82 Å². The fraction of sp³-hybridized carbons (Fsp3) is 0.0588. The Balaban J connectivity index is 1.95. The van der Waals surface area contributed by atoms with Crippen molar-refractivity contribution in [2.45, 2.75) is 6.92 Å². The van der Waals surface area contributed by atoms with Crippen molar-refractivity contribution in [2.75, 3.05) is 0 Å². The SMILES string of the molecule is Cc1nc2ccccc2c(=O)n1-c1cccc(-c2n[nH]c(=S)o2)c1. The number of rotatable bonds is 2. The molecule has 2 heterocycles. The van der Waals surface area contributed by atoms with Crippen LogP contribution >= 0.6 is 12.2 Å². The van der Waals surface area contributed by atoms with Gasteiger partial charge in [0.2, 0.25) is 5.89 Å². The first kappa shape index (κ1) is 14.5. The summed E-state index contributed by atoms with van der Waals surface area (Å²) < 4.78 is 6.91. The smallest absolute Gasteiger partial charge is 0.284 e. The quantitative estimate of drug-likeness (QED) is 0.568. The molecule has 0 aliphatic heterocycles. The van der Waals surface area contributed by atoms with Crippen LogP contribution in [0.3, 0.4) is 0 Å². The number of benzene rings is 2. The predicted octanol–water partition coefficient (Wildman–Crippen LogP) is 3.41. The van der Waals surface area contributed by atoms with Gasteiger partial charge in [0.1, 0.15) is 5.82 Å². The standard InChI is InChI=1S/C17H12N4O2S/c1-10-18-14-8-3-2-7-13(14)16(22)21(10)12-6-4-5-11(9-12)15-19-20-17(24)23-15/h2-9H,1H3,(H,20,24). The normalized spacial score (nSPS) is 11.0. The van der Waals surface area contributed by atoms with E-state index in [0.29, 0.717) is 28.3 Å². The zero-order valence-electron chi connectivity index (χ0n) is 12.7. The molecule has 0 fully saturated rings. The van der Waals surface area contributed by atoms with Gasteiger partial charge in [-0.2, -0.15) is 0 Å². The number of aromatic amines is 1. The molecule has 6 nitrogen and oxygen atoms in total. The summed E-state index contributed by atoms with van der Waals surface area (Å²) in [6, 6.07) is 14.6. The Bertz CT molecular complexity index is 1170. The highest BCUT2D eigenvalue weighted by Gasteiger charge is 2.11.